The second-order valence-electron chi connectivity index (χ2n) is 6.11. The maximum atomic E-state index is 11.4. The fourth-order valence-electron chi connectivity index (χ4n) is 3.80. The maximum absolute atomic E-state index is 11.4. The van der Waals surface area contributed by atoms with E-state index < -0.39 is 0 Å². The molecule has 0 atom stereocenters. The largest absolute Gasteiger partial charge is 0.354 e. The molecule has 0 bridgehead atoms. The van der Waals surface area contributed by atoms with Gasteiger partial charge >= 0.3 is 0 Å². The summed E-state index contributed by atoms with van der Waals surface area (Å²) in [7, 11) is 0. The summed E-state index contributed by atoms with van der Waals surface area (Å²) < 4.78 is 0. The highest BCUT2D eigenvalue weighted by molar-refractivity contribution is 6.27. The minimum atomic E-state index is -0.0912. The summed E-state index contributed by atoms with van der Waals surface area (Å²) in [4.78, 5) is 15.9. The van der Waals surface area contributed by atoms with Crippen LogP contribution in [0.5, 0.6) is 0 Å². The summed E-state index contributed by atoms with van der Waals surface area (Å²) in [5, 5.41) is 2.95. The first-order valence-electron chi connectivity index (χ1n) is 6.92. The van der Waals surface area contributed by atoms with E-state index in [1.165, 1.54) is 19.3 Å². The van der Waals surface area contributed by atoms with Crippen LogP contribution in [0.25, 0.3) is 0 Å². The fourth-order valence-corrected chi connectivity index (χ4v) is 3.90. The van der Waals surface area contributed by atoms with Gasteiger partial charge in [-0.05, 0) is 43.2 Å². The van der Waals surface area contributed by atoms with Crippen molar-refractivity contribution in [3.8, 4) is 0 Å². The maximum Gasteiger partial charge on any atom is 0.234 e. The molecule has 1 spiro atoms. The summed E-state index contributed by atoms with van der Waals surface area (Å²) in [6.07, 6.45) is 8.17. The van der Waals surface area contributed by atoms with E-state index in [0.717, 1.165) is 18.5 Å². The van der Waals surface area contributed by atoms with Crippen LogP contribution in [0.15, 0.2) is 24.4 Å². The van der Waals surface area contributed by atoms with Crippen molar-refractivity contribution in [3.05, 3.63) is 30.1 Å². The Kier molecular flexibility index (Phi) is 3.25. The van der Waals surface area contributed by atoms with E-state index in [4.69, 9.17) is 11.6 Å². The van der Waals surface area contributed by atoms with E-state index >= 15 is 0 Å². The first-order valence-corrected chi connectivity index (χ1v) is 7.46. The van der Waals surface area contributed by atoms with Crippen molar-refractivity contribution in [3.63, 3.8) is 0 Å². The van der Waals surface area contributed by atoms with E-state index in [1.807, 2.05) is 18.3 Å². The van der Waals surface area contributed by atoms with E-state index in [9.17, 15) is 4.79 Å². The van der Waals surface area contributed by atoms with Crippen LogP contribution in [0.2, 0.25) is 0 Å². The molecule has 1 aromatic rings. The molecule has 3 nitrogen and oxygen atoms in total. The van der Waals surface area contributed by atoms with Crippen molar-refractivity contribution >= 4 is 17.5 Å². The van der Waals surface area contributed by atoms with Gasteiger partial charge < -0.3 is 5.32 Å². The lowest BCUT2D eigenvalue weighted by Crippen LogP contribution is -2.58. The zero-order chi connectivity index (χ0) is 13.3. The number of aromatic nitrogens is 1. The summed E-state index contributed by atoms with van der Waals surface area (Å²) in [5.74, 6) is -0.0600. The van der Waals surface area contributed by atoms with Gasteiger partial charge in [-0.1, -0.05) is 12.5 Å². The second kappa shape index (κ2) is 4.78. The van der Waals surface area contributed by atoms with Crippen molar-refractivity contribution in [1.29, 1.82) is 0 Å². The van der Waals surface area contributed by atoms with Gasteiger partial charge in [-0.15, -0.1) is 11.6 Å². The Hall–Kier alpha value is -1.09. The number of nitrogens with one attached hydrogen (secondary N) is 1. The number of alkyl halides is 1. The monoisotopic (exact) mass is 278 g/mol. The molecule has 2 aliphatic carbocycles. The van der Waals surface area contributed by atoms with E-state index in [0.29, 0.717) is 12.0 Å². The molecular formula is C15H19ClN2O. The Morgan fingerprint density at radius 2 is 2.16 bits per heavy atom. The highest BCUT2D eigenvalue weighted by atomic mass is 35.5. The molecule has 0 radical (unpaired) electrons. The normalized spacial score (nSPS) is 22.4. The minimum Gasteiger partial charge on any atom is -0.354 e. The molecule has 3 rings (SSSR count). The third-order valence-corrected chi connectivity index (χ3v) is 5.04. The van der Waals surface area contributed by atoms with Crippen LogP contribution in [0.1, 0.15) is 37.8 Å². The average molecular weight is 279 g/mol. The standard InChI is InChI=1S/C15H19ClN2O/c16-8-13(19)18-11-15(12-4-1-2-7-17-12)9-14(10-15)5-3-6-14/h1-2,4,7H,3,5-6,8-11H2,(H,18,19). The molecule has 102 valence electrons. The Labute approximate surface area is 118 Å². The van der Waals surface area contributed by atoms with Gasteiger partial charge in [0.1, 0.15) is 5.88 Å². The first-order chi connectivity index (χ1) is 9.18. The van der Waals surface area contributed by atoms with Gasteiger partial charge in [-0.2, -0.15) is 0 Å². The van der Waals surface area contributed by atoms with Gasteiger partial charge in [0.25, 0.3) is 0 Å². The molecule has 0 unspecified atom stereocenters. The van der Waals surface area contributed by atoms with Gasteiger partial charge in [-0.3, -0.25) is 9.78 Å². The lowest BCUT2D eigenvalue weighted by Gasteiger charge is -2.61. The minimum absolute atomic E-state index is 0.0311. The number of rotatable bonds is 4. The number of hydrogen-bond acceptors (Lipinski definition) is 2. The second-order valence-corrected chi connectivity index (χ2v) is 6.38. The van der Waals surface area contributed by atoms with Gasteiger partial charge in [0.05, 0.1) is 0 Å². The van der Waals surface area contributed by atoms with Crippen LogP contribution in [0.3, 0.4) is 0 Å². The number of pyridine rings is 1. The SMILES string of the molecule is O=C(CCl)NCC1(c2ccccn2)CC2(CCC2)C1. The average Bonchev–Trinajstić information content (AvgIpc) is 2.36. The van der Waals surface area contributed by atoms with E-state index in [1.54, 1.807) is 0 Å². The third-order valence-electron chi connectivity index (χ3n) is 4.79. The van der Waals surface area contributed by atoms with Gasteiger partial charge in [-0.25, -0.2) is 0 Å². The molecule has 1 amide bonds. The summed E-state index contributed by atoms with van der Waals surface area (Å²) in [6.45, 7) is 0.664. The number of halogens is 1. The van der Waals surface area contributed by atoms with Gasteiger partial charge in [0.2, 0.25) is 5.91 Å². The highest BCUT2D eigenvalue weighted by Crippen LogP contribution is 2.64. The molecule has 2 fully saturated rings. The van der Waals surface area contributed by atoms with Gasteiger partial charge in [0, 0.05) is 23.9 Å². The Balaban J connectivity index is 1.75. The van der Waals surface area contributed by atoms with Crippen molar-refractivity contribution in [2.75, 3.05) is 12.4 Å². The molecule has 1 aromatic heterocycles. The van der Waals surface area contributed by atoms with Crippen LogP contribution in [-0.4, -0.2) is 23.3 Å². The summed E-state index contributed by atoms with van der Waals surface area (Å²) in [5.41, 5.74) is 1.69. The predicted octanol–water partition coefficient (Wildman–Crippen LogP) is 2.64. The zero-order valence-electron chi connectivity index (χ0n) is 11.0. The number of amides is 1. The number of hydrogen-bond donors (Lipinski definition) is 1. The molecule has 0 aliphatic heterocycles. The Morgan fingerprint density at radius 1 is 1.37 bits per heavy atom. The smallest absolute Gasteiger partial charge is 0.234 e. The van der Waals surface area contributed by atoms with Crippen LogP contribution in [0, 0.1) is 5.41 Å². The van der Waals surface area contributed by atoms with Crippen molar-refractivity contribution in [1.82, 2.24) is 10.3 Å². The molecule has 1 N–H and O–H groups in total. The van der Waals surface area contributed by atoms with Crippen molar-refractivity contribution in [2.45, 2.75) is 37.5 Å². The first kappa shape index (κ1) is 12.9. The molecule has 19 heavy (non-hydrogen) atoms. The van der Waals surface area contributed by atoms with Crippen LogP contribution < -0.4 is 5.32 Å². The zero-order valence-corrected chi connectivity index (χ0v) is 11.7. The molecule has 1 heterocycles. The van der Waals surface area contributed by atoms with Crippen molar-refractivity contribution < 1.29 is 4.79 Å². The molecular weight excluding hydrogens is 260 g/mol. The third kappa shape index (κ3) is 2.25. The number of nitrogens with zero attached hydrogens (tertiary/aromatic N) is 1. The van der Waals surface area contributed by atoms with E-state index in [-0.39, 0.29) is 17.2 Å². The topological polar surface area (TPSA) is 42.0 Å². The molecule has 0 aromatic carbocycles. The summed E-state index contributed by atoms with van der Waals surface area (Å²) in [6, 6.07) is 6.05. The van der Waals surface area contributed by atoms with Crippen LogP contribution in [0.4, 0.5) is 0 Å². The molecule has 0 saturated heterocycles. The highest BCUT2D eigenvalue weighted by Gasteiger charge is 2.58. The summed E-state index contributed by atoms with van der Waals surface area (Å²) >= 11 is 5.55. The van der Waals surface area contributed by atoms with Gasteiger partial charge in [0.15, 0.2) is 0 Å². The lowest BCUT2D eigenvalue weighted by atomic mass is 9.44. The Morgan fingerprint density at radius 3 is 2.68 bits per heavy atom. The number of carbonyl (C=O) groups excluding carboxylic acids is 1. The Bertz CT molecular complexity index is 462. The van der Waals surface area contributed by atoms with Crippen LogP contribution in [-0.2, 0) is 10.2 Å². The number of carbonyl (C=O) groups is 1. The van der Waals surface area contributed by atoms with Crippen molar-refractivity contribution in [2.24, 2.45) is 5.41 Å². The van der Waals surface area contributed by atoms with E-state index in [2.05, 4.69) is 16.4 Å². The lowest BCUT2D eigenvalue weighted by molar-refractivity contribution is -0.120. The van der Waals surface area contributed by atoms with Crippen LogP contribution >= 0.6 is 11.6 Å². The quantitative estimate of drug-likeness (QED) is 0.861. The molecule has 2 aliphatic rings. The molecule has 2 saturated carbocycles. The fraction of sp³-hybridized carbons (Fsp3) is 0.600. The predicted molar refractivity (Wildman–Crippen MR) is 75.2 cm³/mol. The molecule has 4 heteroatoms.